The number of benzene rings is 2. The van der Waals surface area contributed by atoms with Gasteiger partial charge in [-0.2, -0.15) is 0 Å². The quantitative estimate of drug-likeness (QED) is 0.464. The van der Waals surface area contributed by atoms with E-state index in [1.807, 2.05) is 69.3 Å². The molecule has 0 spiro atoms. The summed E-state index contributed by atoms with van der Waals surface area (Å²) in [5, 5.41) is 5.36. The molecule has 178 valence electrons. The number of unbranched alkanes of at least 4 members (excludes halogenated alkanes) is 2. The van der Waals surface area contributed by atoms with E-state index in [1.54, 1.807) is 4.90 Å². The van der Waals surface area contributed by atoms with Crippen molar-refractivity contribution >= 4 is 23.4 Å². The summed E-state index contributed by atoms with van der Waals surface area (Å²) < 4.78 is 0. The average molecular weight is 452 g/mol. The molecule has 33 heavy (non-hydrogen) atoms. The third-order valence-electron chi connectivity index (χ3n) is 5.26. The molecule has 0 unspecified atom stereocenters. The smallest absolute Gasteiger partial charge is 0.254 e. The predicted molar refractivity (Wildman–Crippen MR) is 133 cm³/mol. The van der Waals surface area contributed by atoms with Crippen molar-refractivity contribution < 1.29 is 14.4 Å². The Morgan fingerprint density at radius 1 is 0.909 bits per heavy atom. The number of hydrogen-bond donors (Lipinski definition) is 2. The zero-order chi connectivity index (χ0) is 24.2. The van der Waals surface area contributed by atoms with E-state index in [0.29, 0.717) is 17.8 Å². The highest BCUT2D eigenvalue weighted by Crippen LogP contribution is 2.12. The lowest BCUT2D eigenvalue weighted by atomic mass is 10.0. The molecule has 6 nitrogen and oxygen atoms in total. The van der Waals surface area contributed by atoms with Crippen LogP contribution in [0.25, 0.3) is 0 Å². The second kappa shape index (κ2) is 13.4. The molecule has 0 aliphatic carbocycles. The molecule has 2 rings (SSSR count). The fourth-order valence-corrected chi connectivity index (χ4v) is 3.49. The van der Waals surface area contributed by atoms with E-state index in [2.05, 4.69) is 17.6 Å². The van der Waals surface area contributed by atoms with Crippen LogP contribution in [0.4, 0.5) is 5.69 Å². The van der Waals surface area contributed by atoms with E-state index in [-0.39, 0.29) is 36.7 Å². The van der Waals surface area contributed by atoms with E-state index >= 15 is 0 Å². The third-order valence-corrected chi connectivity index (χ3v) is 5.26. The van der Waals surface area contributed by atoms with Gasteiger partial charge in [0.2, 0.25) is 11.8 Å². The summed E-state index contributed by atoms with van der Waals surface area (Å²) in [7, 11) is 0. The van der Waals surface area contributed by atoms with Crippen molar-refractivity contribution in [3.05, 3.63) is 65.2 Å². The summed E-state index contributed by atoms with van der Waals surface area (Å²) >= 11 is 0. The maximum absolute atomic E-state index is 13.1. The number of anilines is 1. The van der Waals surface area contributed by atoms with E-state index < -0.39 is 0 Å². The van der Waals surface area contributed by atoms with E-state index in [9.17, 15) is 14.4 Å². The number of rotatable bonds is 12. The minimum atomic E-state index is -0.362. The van der Waals surface area contributed by atoms with E-state index in [4.69, 9.17) is 0 Å². The first kappa shape index (κ1) is 26.1. The van der Waals surface area contributed by atoms with Crippen molar-refractivity contribution in [2.24, 2.45) is 5.92 Å². The number of nitrogens with zero attached hydrogens (tertiary/aromatic N) is 1. The molecular weight excluding hydrogens is 414 g/mol. The Balaban J connectivity index is 1.91. The van der Waals surface area contributed by atoms with Crippen LogP contribution in [-0.4, -0.2) is 42.3 Å². The van der Waals surface area contributed by atoms with Gasteiger partial charge in [0.05, 0.1) is 13.1 Å². The predicted octanol–water partition coefficient (Wildman–Crippen LogP) is 4.58. The SMILES string of the molecule is CCCCCc1ccc(C(=O)N(CC(=O)NCC(=O)Nc2ccc(C)cc2)CC(C)C)cc1. The summed E-state index contributed by atoms with van der Waals surface area (Å²) in [4.78, 5) is 39.2. The summed E-state index contributed by atoms with van der Waals surface area (Å²) in [6.07, 6.45) is 4.52. The fourth-order valence-electron chi connectivity index (χ4n) is 3.49. The van der Waals surface area contributed by atoms with Crippen LogP contribution in [0.2, 0.25) is 0 Å². The van der Waals surface area contributed by atoms with Crippen LogP contribution in [0, 0.1) is 12.8 Å². The Labute approximate surface area is 197 Å². The van der Waals surface area contributed by atoms with Crippen molar-refractivity contribution in [3.8, 4) is 0 Å². The molecular formula is C27H37N3O3. The summed E-state index contributed by atoms with van der Waals surface area (Å²) in [5.74, 6) is -0.644. The minimum Gasteiger partial charge on any atom is -0.345 e. The Bertz CT molecular complexity index is 905. The van der Waals surface area contributed by atoms with Crippen molar-refractivity contribution in [2.45, 2.75) is 53.4 Å². The highest BCUT2D eigenvalue weighted by atomic mass is 16.2. The molecule has 0 fully saturated rings. The summed E-state index contributed by atoms with van der Waals surface area (Å²) in [6, 6.07) is 15.1. The van der Waals surface area contributed by atoms with E-state index in [0.717, 1.165) is 18.4 Å². The maximum Gasteiger partial charge on any atom is 0.254 e. The molecule has 3 amide bonds. The fraction of sp³-hybridized carbons (Fsp3) is 0.444. The molecule has 0 saturated heterocycles. The van der Waals surface area contributed by atoms with E-state index in [1.165, 1.54) is 18.4 Å². The van der Waals surface area contributed by atoms with Gasteiger partial charge in [0, 0.05) is 17.8 Å². The van der Waals surface area contributed by atoms with Crippen LogP contribution in [-0.2, 0) is 16.0 Å². The maximum atomic E-state index is 13.1. The van der Waals surface area contributed by atoms with Crippen molar-refractivity contribution in [2.75, 3.05) is 25.0 Å². The topological polar surface area (TPSA) is 78.5 Å². The second-order valence-corrected chi connectivity index (χ2v) is 8.92. The number of carbonyl (C=O) groups excluding carboxylic acids is 3. The first-order chi connectivity index (χ1) is 15.8. The van der Waals surface area contributed by atoms with Gasteiger partial charge in [-0.3, -0.25) is 14.4 Å². The molecule has 2 aromatic carbocycles. The molecule has 0 aromatic heterocycles. The monoisotopic (exact) mass is 451 g/mol. The van der Waals surface area contributed by atoms with Crippen molar-refractivity contribution in [1.82, 2.24) is 10.2 Å². The van der Waals surface area contributed by atoms with Gasteiger partial charge in [-0.15, -0.1) is 0 Å². The lowest BCUT2D eigenvalue weighted by Crippen LogP contribution is -2.44. The van der Waals surface area contributed by atoms with Crippen molar-refractivity contribution in [1.29, 1.82) is 0 Å². The van der Waals surface area contributed by atoms with Crippen LogP contribution < -0.4 is 10.6 Å². The Morgan fingerprint density at radius 3 is 2.18 bits per heavy atom. The lowest BCUT2D eigenvalue weighted by Gasteiger charge is -2.24. The average Bonchev–Trinajstić information content (AvgIpc) is 2.79. The van der Waals surface area contributed by atoms with Gasteiger partial charge in [-0.25, -0.2) is 0 Å². The summed E-state index contributed by atoms with van der Waals surface area (Å²) in [5.41, 5.74) is 3.56. The van der Waals surface area contributed by atoms with Crippen LogP contribution >= 0.6 is 0 Å². The molecule has 0 aliphatic rings. The number of hydrogen-bond acceptors (Lipinski definition) is 3. The normalized spacial score (nSPS) is 10.7. The first-order valence-corrected chi connectivity index (χ1v) is 11.8. The standard InChI is InChI=1S/C27H37N3O3/c1-5-6-7-8-22-11-13-23(14-12-22)27(33)30(18-20(2)3)19-26(32)28-17-25(31)29-24-15-9-21(4)10-16-24/h9-16,20H,5-8,17-19H2,1-4H3,(H,28,32)(H,29,31). The molecule has 6 heteroatoms. The number of carbonyl (C=O) groups is 3. The Kier molecular flexibility index (Phi) is 10.6. The number of amides is 3. The molecule has 0 saturated carbocycles. The minimum absolute atomic E-state index is 0.0902. The summed E-state index contributed by atoms with van der Waals surface area (Å²) in [6.45, 7) is 8.37. The molecule has 0 heterocycles. The largest absolute Gasteiger partial charge is 0.345 e. The lowest BCUT2D eigenvalue weighted by molar-refractivity contribution is -0.124. The van der Waals surface area contributed by atoms with Crippen molar-refractivity contribution in [3.63, 3.8) is 0 Å². The highest BCUT2D eigenvalue weighted by molar-refractivity contribution is 5.98. The van der Waals surface area contributed by atoms with Gasteiger partial charge in [-0.05, 0) is 55.5 Å². The van der Waals surface area contributed by atoms with Gasteiger partial charge in [0.15, 0.2) is 0 Å². The van der Waals surface area contributed by atoms with Gasteiger partial charge in [-0.1, -0.05) is 63.4 Å². The Hall–Kier alpha value is -3.15. The van der Waals surface area contributed by atoms with Gasteiger partial charge < -0.3 is 15.5 Å². The first-order valence-electron chi connectivity index (χ1n) is 11.8. The zero-order valence-corrected chi connectivity index (χ0v) is 20.3. The molecule has 0 bridgehead atoms. The molecule has 2 aromatic rings. The zero-order valence-electron chi connectivity index (χ0n) is 20.3. The highest BCUT2D eigenvalue weighted by Gasteiger charge is 2.20. The second-order valence-electron chi connectivity index (χ2n) is 8.92. The molecule has 2 N–H and O–H groups in total. The molecule has 0 atom stereocenters. The van der Waals surface area contributed by atoms with Crippen LogP contribution in [0.3, 0.4) is 0 Å². The van der Waals surface area contributed by atoms with Crippen LogP contribution in [0.1, 0.15) is 61.5 Å². The number of aryl methyl sites for hydroxylation is 2. The van der Waals surface area contributed by atoms with Crippen LogP contribution in [0.15, 0.2) is 48.5 Å². The van der Waals surface area contributed by atoms with Gasteiger partial charge >= 0.3 is 0 Å². The Morgan fingerprint density at radius 2 is 1.58 bits per heavy atom. The van der Waals surface area contributed by atoms with Gasteiger partial charge in [0.25, 0.3) is 5.91 Å². The van der Waals surface area contributed by atoms with Crippen LogP contribution in [0.5, 0.6) is 0 Å². The van der Waals surface area contributed by atoms with Gasteiger partial charge in [0.1, 0.15) is 0 Å². The third kappa shape index (κ3) is 9.48. The number of nitrogens with one attached hydrogen (secondary N) is 2. The molecule has 0 radical (unpaired) electrons. The molecule has 0 aliphatic heterocycles.